The Morgan fingerprint density at radius 3 is 2.73 bits per heavy atom. The lowest BCUT2D eigenvalue weighted by Gasteiger charge is -2.14. The highest BCUT2D eigenvalue weighted by Crippen LogP contribution is 2.10. The summed E-state index contributed by atoms with van der Waals surface area (Å²) in [6, 6.07) is 4.60. The number of rotatable bonds is 3. The molecule has 0 saturated carbocycles. The number of hydrogen-bond acceptors (Lipinski definition) is 2. The minimum absolute atomic E-state index is 0.260. The van der Waals surface area contributed by atoms with Crippen molar-refractivity contribution in [2.24, 2.45) is 0 Å². The Kier molecular flexibility index (Phi) is 3.55. The summed E-state index contributed by atoms with van der Waals surface area (Å²) in [6.07, 6.45) is 0.260. The van der Waals surface area contributed by atoms with Gasteiger partial charge in [-0.15, -0.1) is 0 Å². The largest absolute Gasteiger partial charge is 0.335 e. The number of carbonyl (C=O) groups excluding carboxylic acids is 2. The maximum atomic E-state index is 12.9. The van der Waals surface area contributed by atoms with Gasteiger partial charge in [0.2, 0.25) is 6.29 Å². The van der Waals surface area contributed by atoms with E-state index >= 15 is 0 Å². The third kappa shape index (κ3) is 2.87. The van der Waals surface area contributed by atoms with Crippen molar-refractivity contribution in [3.63, 3.8) is 0 Å². The van der Waals surface area contributed by atoms with Crippen LogP contribution in [0.25, 0.3) is 0 Å². The van der Waals surface area contributed by atoms with E-state index in [1.165, 1.54) is 18.0 Å². The fourth-order valence-corrected chi connectivity index (χ4v) is 1.25. The molecule has 0 heterocycles. The van der Waals surface area contributed by atoms with E-state index in [0.29, 0.717) is 12.1 Å². The van der Waals surface area contributed by atoms with Crippen LogP contribution in [0.2, 0.25) is 0 Å². The van der Waals surface area contributed by atoms with Crippen LogP contribution in [0.1, 0.15) is 11.1 Å². The third-order valence-electron chi connectivity index (χ3n) is 2.12. The van der Waals surface area contributed by atoms with Gasteiger partial charge in [0.1, 0.15) is 5.82 Å². The quantitative estimate of drug-likeness (QED) is 0.555. The van der Waals surface area contributed by atoms with Gasteiger partial charge < -0.3 is 4.90 Å². The molecule has 0 unspecified atom stereocenters. The van der Waals surface area contributed by atoms with Crippen molar-refractivity contribution < 1.29 is 14.0 Å². The van der Waals surface area contributed by atoms with Crippen LogP contribution >= 0.6 is 0 Å². The zero-order valence-electron chi connectivity index (χ0n) is 8.66. The zero-order chi connectivity index (χ0) is 11.4. The molecule has 0 fully saturated rings. The predicted molar refractivity (Wildman–Crippen MR) is 53.7 cm³/mol. The Bertz CT molecular complexity index is 390. The van der Waals surface area contributed by atoms with Gasteiger partial charge in [0.15, 0.2) is 0 Å². The SMILES string of the molecule is Cc1cc(CN(C)C(=O)C=O)ccc1F. The van der Waals surface area contributed by atoms with E-state index < -0.39 is 5.91 Å². The Hall–Kier alpha value is -1.71. The highest BCUT2D eigenvalue weighted by molar-refractivity contribution is 6.23. The fourth-order valence-electron chi connectivity index (χ4n) is 1.25. The van der Waals surface area contributed by atoms with Gasteiger partial charge >= 0.3 is 0 Å². The Balaban J connectivity index is 2.77. The molecule has 0 spiro atoms. The standard InChI is InChI=1S/C11H12FNO2/c1-8-5-9(3-4-10(8)12)6-13(2)11(15)7-14/h3-5,7H,6H2,1-2H3. The minimum Gasteiger partial charge on any atom is -0.335 e. The van der Waals surface area contributed by atoms with E-state index in [1.54, 1.807) is 19.1 Å². The van der Waals surface area contributed by atoms with Gasteiger partial charge in [-0.05, 0) is 24.1 Å². The lowest BCUT2D eigenvalue weighted by Crippen LogP contribution is -2.26. The molecule has 0 aliphatic carbocycles. The van der Waals surface area contributed by atoms with Crippen LogP contribution in [0.3, 0.4) is 0 Å². The van der Waals surface area contributed by atoms with E-state index in [0.717, 1.165) is 5.56 Å². The van der Waals surface area contributed by atoms with Gasteiger partial charge in [-0.25, -0.2) is 4.39 Å². The topological polar surface area (TPSA) is 37.4 Å². The van der Waals surface area contributed by atoms with Gasteiger partial charge in [0.05, 0.1) is 0 Å². The molecule has 0 bridgehead atoms. The smallest absolute Gasteiger partial charge is 0.286 e. The van der Waals surface area contributed by atoms with Crippen LogP contribution < -0.4 is 0 Å². The van der Waals surface area contributed by atoms with Gasteiger partial charge in [-0.3, -0.25) is 9.59 Å². The molecule has 1 aromatic carbocycles. The highest BCUT2D eigenvalue weighted by Gasteiger charge is 2.08. The summed E-state index contributed by atoms with van der Waals surface area (Å²) >= 11 is 0. The number of benzene rings is 1. The molecule has 0 N–H and O–H groups in total. The molecule has 1 amide bonds. The third-order valence-corrected chi connectivity index (χ3v) is 2.12. The molecule has 3 nitrogen and oxygen atoms in total. The first-order valence-corrected chi connectivity index (χ1v) is 4.50. The first kappa shape index (κ1) is 11.4. The molecule has 0 atom stereocenters. The molecule has 0 saturated heterocycles. The van der Waals surface area contributed by atoms with Crippen molar-refractivity contribution in [1.29, 1.82) is 0 Å². The number of carbonyl (C=O) groups is 2. The number of nitrogens with zero attached hydrogens (tertiary/aromatic N) is 1. The van der Waals surface area contributed by atoms with E-state index in [2.05, 4.69) is 0 Å². The lowest BCUT2D eigenvalue weighted by molar-refractivity contribution is -0.138. The first-order chi connectivity index (χ1) is 7.04. The second-order valence-corrected chi connectivity index (χ2v) is 3.40. The molecule has 1 aromatic rings. The summed E-state index contributed by atoms with van der Waals surface area (Å²) in [5.74, 6) is -0.861. The summed E-state index contributed by atoms with van der Waals surface area (Å²) in [4.78, 5) is 22.4. The van der Waals surface area contributed by atoms with Crippen molar-refractivity contribution >= 4 is 12.2 Å². The maximum absolute atomic E-state index is 12.9. The minimum atomic E-state index is -0.586. The van der Waals surface area contributed by atoms with E-state index in [1.807, 2.05) is 0 Å². The molecule has 0 radical (unpaired) electrons. The Morgan fingerprint density at radius 2 is 2.20 bits per heavy atom. The molecular weight excluding hydrogens is 197 g/mol. The average molecular weight is 209 g/mol. The second kappa shape index (κ2) is 4.68. The maximum Gasteiger partial charge on any atom is 0.286 e. The van der Waals surface area contributed by atoms with Crippen LogP contribution in [-0.4, -0.2) is 24.1 Å². The van der Waals surface area contributed by atoms with Gasteiger partial charge in [-0.2, -0.15) is 0 Å². The molecule has 1 rings (SSSR count). The number of halogens is 1. The summed E-state index contributed by atoms with van der Waals surface area (Å²) < 4.78 is 12.9. The van der Waals surface area contributed by atoms with Crippen LogP contribution in [-0.2, 0) is 16.1 Å². The first-order valence-electron chi connectivity index (χ1n) is 4.50. The normalized spacial score (nSPS) is 9.80. The summed E-state index contributed by atoms with van der Waals surface area (Å²) in [6.45, 7) is 1.96. The van der Waals surface area contributed by atoms with Crippen LogP contribution in [0.5, 0.6) is 0 Å². The number of likely N-dealkylation sites (N-methyl/N-ethyl adjacent to an activating group) is 1. The van der Waals surface area contributed by atoms with Gasteiger partial charge in [-0.1, -0.05) is 12.1 Å². The highest BCUT2D eigenvalue weighted by atomic mass is 19.1. The van der Waals surface area contributed by atoms with E-state index in [9.17, 15) is 14.0 Å². The molecule has 0 aliphatic heterocycles. The second-order valence-electron chi connectivity index (χ2n) is 3.40. The lowest BCUT2D eigenvalue weighted by atomic mass is 10.1. The molecule has 0 aliphatic rings. The summed E-state index contributed by atoms with van der Waals surface area (Å²) in [5, 5.41) is 0. The number of hydrogen-bond donors (Lipinski definition) is 0. The number of aldehydes is 1. The van der Waals surface area contributed by atoms with Gasteiger partial charge in [0, 0.05) is 13.6 Å². The van der Waals surface area contributed by atoms with Crippen molar-refractivity contribution in [2.75, 3.05) is 7.05 Å². The fraction of sp³-hybridized carbons (Fsp3) is 0.273. The average Bonchev–Trinajstić information content (AvgIpc) is 2.22. The van der Waals surface area contributed by atoms with Crippen LogP contribution in [0.15, 0.2) is 18.2 Å². The Morgan fingerprint density at radius 1 is 1.53 bits per heavy atom. The van der Waals surface area contributed by atoms with E-state index in [4.69, 9.17) is 0 Å². The molecule has 80 valence electrons. The van der Waals surface area contributed by atoms with E-state index in [-0.39, 0.29) is 12.1 Å². The van der Waals surface area contributed by atoms with Crippen LogP contribution in [0.4, 0.5) is 4.39 Å². The summed E-state index contributed by atoms with van der Waals surface area (Å²) in [5.41, 5.74) is 1.33. The number of amides is 1. The van der Waals surface area contributed by atoms with Crippen LogP contribution in [0, 0.1) is 12.7 Å². The molecule has 15 heavy (non-hydrogen) atoms. The van der Waals surface area contributed by atoms with Gasteiger partial charge in [0.25, 0.3) is 5.91 Å². The van der Waals surface area contributed by atoms with Crippen molar-refractivity contribution in [3.8, 4) is 0 Å². The molecular formula is C11H12FNO2. The predicted octanol–water partition coefficient (Wildman–Crippen LogP) is 1.29. The number of aryl methyl sites for hydroxylation is 1. The zero-order valence-corrected chi connectivity index (χ0v) is 8.66. The van der Waals surface area contributed by atoms with Crippen molar-refractivity contribution in [2.45, 2.75) is 13.5 Å². The van der Waals surface area contributed by atoms with Crippen molar-refractivity contribution in [3.05, 3.63) is 35.1 Å². The molecule has 4 heteroatoms. The Labute approximate surface area is 87.5 Å². The monoisotopic (exact) mass is 209 g/mol. The van der Waals surface area contributed by atoms with Crippen molar-refractivity contribution in [1.82, 2.24) is 4.90 Å². The summed E-state index contributed by atoms with van der Waals surface area (Å²) in [7, 11) is 1.52. The molecule has 0 aromatic heterocycles.